The van der Waals surface area contributed by atoms with Crippen molar-refractivity contribution in [1.82, 2.24) is 36.8 Å². The largest absolute Gasteiger partial charge is 0.508 e. The van der Waals surface area contributed by atoms with E-state index < -0.39 is 90.1 Å². The molecule has 0 bridgehead atoms. The van der Waals surface area contributed by atoms with Crippen LogP contribution in [0.1, 0.15) is 91.0 Å². The van der Waals surface area contributed by atoms with Crippen LogP contribution in [0.3, 0.4) is 0 Å². The van der Waals surface area contributed by atoms with Crippen molar-refractivity contribution in [3.8, 4) is 5.75 Å². The van der Waals surface area contributed by atoms with Gasteiger partial charge in [0.25, 0.3) is 0 Å². The minimum atomic E-state index is -1.46. The lowest BCUT2D eigenvalue weighted by Gasteiger charge is -2.38. The molecule has 1 heterocycles. The number of hydrogen-bond donors (Lipinski definition) is 12. The Morgan fingerprint density at radius 2 is 1.44 bits per heavy atom. The monoisotopic (exact) mass is 886 g/mol. The number of benzene rings is 1. The number of aliphatic carboxylic acids is 2. The van der Waals surface area contributed by atoms with Crippen molar-refractivity contribution >= 4 is 53.3 Å². The zero-order valence-corrected chi connectivity index (χ0v) is 36.5. The molecule has 1 aliphatic heterocycles. The fourth-order valence-corrected chi connectivity index (χ4v) is 7.59. The van der Waals surface area contributed by atoms with E-state index in [-0.39, 0.29) is 54.8 Å². The predicted octanol–water partition coefficient (Wildman–Crippen LogP) is -0.751. The standard InChI is InChI=1S/C42H66N10O11/c1-5-23(4)34(38(59)47-21-25-17-26(18-25)40(61)52-16-8-10-31(52)41(62)63)51-37(58)30(19-24-11-13-27(53)14-12-24)49-39(60)33(22(2)3)50-36(57)29(9-6-7-15-46-42(44)45)48-35(56)28(43)20-32(54)55/h11-14,22-23,25-26,28-31,33-34,53H,5-10,15-21,43H2,1-4H3,(H,47,59)(H,48,56)(H,49,60)(H,50,57)(H,51,58)(H,54,55)(H,62,63)(H4,44,45,46)/t23?,25-,26+,28-,29-,30?,31-,33-,34-/m0/s1. The quantitative estimate of drug-likeness (QED) is 0.0327. The molecule has 1 saturated heterocycles. The molecule has 2 unspecified atom stereocenters. The first kappa shape index (κ1) is 51.4. The molecule has 63 heavy (non-hydrogen) atoms. The molecule has 6 amide bonds. The Bertz CT molecular complexity index is 1790. The molecule has 0 aromatic heterocycles. The van der Waals surface area contributed by atoms with Gasteiger partial charge < -0.3 is 63.6 Å². The van der Waals surface area contributed by atoms with Gasteiger partial charge in [-0.15, -0.1) is 0 Å². The van der Waals surface area contributed by atoms with E-state index in [1.807, 2.05) is 6.92 Å². The van der Waals surface area contributed by atoms with Gasteiger partial charge in [-0.25, -0.2) is 4.79 Å². The van der Waals surface area contributed by atoms with Crippen molar-refractivity contribution in [3.05, 3.63) is 29.8 Å². The van der Waals surface area contributed by atoms with Crippen LogP contribution in [0.2, 0.25) is 0 Å². The molecule has 21 heteroatoms. The van der Waals surface area contributed by atoms with E-state index in [2.05, 4.69) is 31.9 Å². The van der Waals surface area contributed by atoms with Crippen molar-refractivity contribution in [1.29, 1.82) is 5.41 Å². The number of unbranched alkanes of at least 4 members (excludes halogenated alkanes) is 1. The SMILES string of the molecule is CCC(C)[C@H](NC(=O)C(Cc1ccc(O)cc1)NC(=O)[C@@H](NC(=O)[C@H](CCCCNC(=N)N)NC(=O)[C@@H](N)CC(=O)O)C(C)C)C(=O)NC[C@H]1C[C@@H](C(=O)N2CCC[C@H]2C(=O)O)C1. The maximum absolute atomic E-state index is 14.2. The summed E-state index contributed by atoms with van der Waals surface area (Å²) in [5.41, 5.74) is 11.6. The number of nitrogens with one attached hydrogen (secondary N) is 7. The van der Waals surface area contributed by atoms with E-state index in [9.17, 15) is 48.6 Å². The molecule has 0 radical (unpaired) electrons. The summed E-state index contributed by atoms with van der Waals surface area (Å²) in [5.74, 6) is -7.62. The highest BCUT2D eigenvalue weighted by Gasteiger charge is 2.42. The van der Waals surface area contributed by atoms with Crippen LogP contribution in [0, 0.1) is 29.1 Å². The van der Waals surface area contributed by atoms with Crippen LogP contribution in [0.25, 0.3) is 0 Å². The van der Waals surface area contributed by atoms with Crippen molar-refractivity contribution in [2.45, 2.75) is 128 Å². The van der Waals surface area contributed by atoms with Crippen LogP contribution in [0.15, 0.2) is 24.3 Å². The molecule has 1 aromatic carbocycles. The zero-order chi connectivity index (χ0) is 47.0. The topological polar surface area (TPSA) is 349 Å². The van der Waals surface area contributed by atoms with Gasteiger partial charge in [0.05, 0.1) is 12.5 Å². The number of nitrogens with zero attached hydrogens (tertiary/aromatic N) is 1. The van der Waals surface area contributed by atoms with Crippen molar-refractivity contribution in [2.75, 3.05) is 19.6 Å². The third-order valence-corrected chi connectivity index (χ3v) is 11.6. The number of carboxylic acids is 2. The third-order valence-electron chi connectivity index (χ3n) is 11.6. The summed E-state index contributed by atoms with van der Waals surface area (Å²) in [7, 11) is 0. The van der Waals surface area contributed by atoms with E-state index in [4.69, 9.17) is 22.0 Å². The maximum atomic E-state index is 14.2. The van der Waals surface area contributed by atoms with Crippen molar-refractivity contribution in [2.24, 2.45) is 35.1 Å². The van der Waals surface area contributed by atoms with Gasteiger partial charge in [0.2, 0.25) is 35.4 Å². The van der Waals surface area contributed by atoms with E-state index in [0.717, 1.165) is 0 Å². The van der Waals surface area contributed by atoms with Gasteiger partial charge >= 0.3 is 11.9 Å². The highest BCUT2D eigenvalue weighted by molar-refractivity contribution is 5.96. The molecule has 3 rings (SSSR count). The number of carbonyl (C=O) groups is 8. The smallest absolute Gasteiger partial charge is 0.326 e. The first-order valence-corrected chi connectivity index (χ1v) is 21.6. The first-order valence-electron chi connectivity index (χ1n) is 21.6. The van der Waals surface area contributed by atoms with Gasteiger partial charge in [-0.2, -0.15) is 0 Å². The lowest BCUT2D eigenvalue weighted by Crippen LogP contribution is -2.61. The lowest BCUT2D eigenvalue weighted by molar-refractivity contribution is -0.152. The molecule has 14 N–H and O–H groups in total. The van der Waals surface area contributed by atoms with Gasteiger partial charge in [-0.05, 0) is 80.4 Å². The van der Waals surface area contributed by atoms with Gasteiger partial charge in [0.15, 0.2) is 5.96 Å². The Morgan fingerprint density at radius 3 is 2.03 bits per heavy atom. The number of nitrogens with two attached hydrogens (primary N) is 2. The van der Waals surface area contributed by atoms with Crippen LogP contribution in [0.5, 0.6) is 5.75 Å². The van der Waals surface area contributed by atoms with Crippen LogP contribution >= 0.6 is 0 Å². The molecule has 0 spiro atoms. The summed E-state index contributed by atoms with van der Waals surface area (Å²) < 4.78 is 0. The second-order valence-corrected chi connectivity index (χ2v) is 16.9. The van der Waals surface area contributed by atoms with E-state index in [1.165, 1.54) is 17.0 Å². The Labute approximate surface area is 367 Å². The lowest BCUT2D eigenvalue weighted by atomic mass is 9.74. The fourth-order valence-electron chi connectivity index (χ4n) is 7.59. The molecular weight excluding hydrogens is 821 g/mol. The highest BCUT2D eigenvalue weighted by Crippen LogP contribution is 2.36. The first-order chi connectivity index (χ1) is 29.7. The number of likely N-dealkylation sites (tertiary alicyclic amines) is 1. The Kier molecular flexibility index (Phi) is 20.1. The maximum Gasteiger partial charge on any atom is 0.326 e. The molecular formula is C42H66N10O11. The van der Waals surface area contributed by atoms with Gasteiger partial charge in [-0.1, -0.05) is 46.2 Å². The molecule has 21 nitrogen and oxygen atoms in total. The number of phenolic OH excluding ortho intramolecular Hbond substituents is 1. The second kappa shape index (κ2) is 24.6. The highest BCUT2D eigenvalue weighted by atomic mass is 16.4. The summed E-state index contributed by atoms with van der Waals surface area (Å²) >= 11 is 0. The minimum absolute atomic E-state index is 0.0232. The van der Waals surface area contributed by atoms with Crippen molar-refractivity contribution in [3.63, 3.8) is 0 Å². The molecule has 350 valence electrons. The van der Waals surface area contributed by atoms with Crippen LogP contribution < -0.4 is 43.4 Å². The Balaban J connectivity index is 1.74. The summed E-state index contributed by atoms with van der Waals surface area (Å²) in [6.45, 7) is 7.90. The molecule has 1 aliphatic carbocycles. The summed E-state index contributed by atoms with van der Waals surface area (Å²) in [6, 6.07) is -1.10. The third kappa shape index (κ3) is 16.0. The number of rotatable bonds is 25. The van der Waals surface area contributed by atoms with Gasteiger partial charge in [0.1, 0.15) is 36.0 Å². The van der Waals surface area contributed by atoms with Gasteiger partial charge in [0, 0.05) is 32.0 Å². The fraction of sp³-hybridized carbons (Fsp3) is 0.643. The average Bonchev–Trinajstić information content (AvgIpc) is 3.71. The molecule has 2 fully saturated rings. The van der Waals surface area contributed by atoms with Crippen molar-refractivity contribution < 1.29 is 53.7 Å². The van der Waals surface area contributed by atoms with Crippen LogP contribution in [0.4, 0.5) is 0 Å². The molecule has 1 saturated carbocycles. The van der Waals surface area contributed by atoms with E-state index in [0.29, 0.717) is 63.6 Å². The normalized spacial score (nSPS) is 19.8. The Morgan fingerprint density at radius 1 is 0.825 bits per heavy atom. The average molecular weight is 887 g/mol. The predicted molar refractivity (Wildman–Crippen MR) is 229 cm³/mol. The summed E-state index contributed by atoms with van der Waals surface area (Å²) in [4.78, 5) is 106. The second-order valence-electron chi connectivity index (χ2n) is 16.9. The zero-order valence-electron chi connectivity index (χ0n) is 36.5. The number of hydrogen-bond acceptors (Lipinski definition) is 11. The number of carboxylic acid groups (broad SMARTS) is 2. The molecule has 1 aromatic rings. The minimum Gasteiger partial charge on any atom is -0.508 e. The molecule has 2 aliphatic rings. The number of guanidine groups is 1. The van der Waals surface area contributed by atoms with Crippen LogP contribution in [-0.4, -0.2) is 129 Å². The van der Waals surface area contributed by atoms with Gasteiger partial charge in [-0.3, -0.25) is 39.0 Å². The number of amides is 6. The Hall–Kier alpha value is -5.99. The summed E-state index contributed by atoms with van der Waals surface area (Å²) in [5, 5.41) is 52.0. The number of carbonyl (C=O) groups excluding carboxylic acids is 6. The number of aromatic hydroxyl groups is 1. The van der Waals surface area contributed by atoms with E-state index >= 15 is 0 Å². The van der Waals surface area contributed by atoms with Crippen LogP contribution in [-0.2, 0) is 44.8 Å². The van der Waals surface area contributed by atoms with E-state index in [1.54, 1.807) is 32.9 Å². The summed E-state index contributed by atoms with van der Waals surface area (Å²) in [6.07, 6.45) is 2.61. The number of phenols is 1. The molecule has 7 atom stereocenters.